The molecule has 0 bridgehead atoms. The Bertz CT molecular complexity index is 1890. The van der Waals surface area contributed by atoms with Crippen LogP contribution in [0.2, 0.25) is 0 Å². The number of rotatable bonds is 9. The number of fused-ring (bicyclic) bond motifs is 1. The van der Waals surface area contributed by atoms with Gasteiger partial charge in [0.2, 0.25) is 5.95 Å². The van der Waals surface area contributed by atoms with Gasteiger partial charge < -0.3 is 14.8 Å². The Morgan fingerprint density at radius 2 is 1.91 bits per heavy atom. The number of aryl methyl sites for hydroxylation is 1. The zero-order valence-corrected chi connectivity index (χ0v) is 25.6. The number of para-hydroxylation sites is 1. The average molecular weight is 630 g/mol. The van der Waals surface area contributed by atoms with Crippen LogP contribution in [0, 0.1) is 12.9 Å². The van der Waals surface area contributed by atoms with Gasteiger partial charge in [-0.1, -0.05) is 18.2 Å². The summed E-state index contributed by atoms with van der Waals surface area (Å²) in [6.07, 6.45) is 2.35. The van der Waals surface area contributed by atoms with Crippen LogP contribution in [-0.4, -0.2) is 86.6 Å². The second-order valence-electron chi connectivity index (χ2n) is 10.7. The highest BCUT2D eigenvalue weighted by molar-refractivity contribution is 6.02. The van der Waals surface area contributed by atoms with Crippen molar-refractivity contribution in [3.63, 3.8) is 0 Å². The van der Waals surface area contributed by atoms with E-state index in [-0.39, 0.29) is 5.69 Å². The third kappa shape index (κ3) is 6.02. The largest absolute Gasteiger partial charge is 0.464 e. The number of amides is 2. The molecule has 2 N–H and O–H groups in total. The maximum atomic E-state index is 14.0. The molecule has 1 saturated heterocycles. The molecule has 1 aliphatic rings. The van der Waals surface area contributed by atoms with Crippen molar-refractivity contribution >= 4 is 28.9 Å². The van der Waals surface area contributed by atoms with Crippen LogP contribution in [0.5, 0.6) is 0 Å². The number of ether oxygens (including phenoxy) is 2. The fourth-order valence-corrected chi connectivity index (χ4v) is 5.44. The number of carbonyl (C=O) groups excluding carboxylic acids is 2. The van der Waals surface area contributed by atoms with Gasteiger partial charge in [0, 0.05) is 50.8 Å². The minimum Gasteiger partial charge on any atom is -0.464 e. The van der Waals surface area contributed by atoms with E-state index in [0.717, 1.165) is 0 Å². The molecule has 0 unspecified atom stereocenters. The van der Waals surface area contributed by atoms with Crippen LogP contribution < -0.4 is 10.6 Å². The van der Waals surface area contributed by atoms with Crippen LogP contribution in [0.15, 0.2) is 60.9 Å². The molecule has 5 aromatic rings. The molecule has 14 nitrogen and oxygen atoms in total. The highest BCUT2D eigenvalue weighted by Crippen LogP contribution is 2.33. The van der Waals surface area contributed by atoms with E-state index in [1.165, 1.54) is 24.1 Å². The molecule has 0 saturated carbocycles. The van der Waals surface area contributed by atoms with Gasteiger partial charge in [0.25, 0.3) is 0 Å². The molecule has 46 heavy (non-hydrogen) atoms. The standard InChI is InChI=1S/C31H32FN9O5/c1-18-25(20-14-22-26(30(42)45-4)37-39(2)29(22)34-16-20)38-41(21-8-6-5-7-9-21)28(18)36-31(43)35-23-17-40(12-13-44-3)46-27(23)19-10-11-33-24(32)15-19/h5-11,14-16,23,27H,12-13,17H2,1-4H3,(H2,35,36,43)/t23-,27+/m1/s1. The molecule has 2 atom stereocenters. The van der Waals surface area contributed by atoms with E-state index in [0.29, 0.717) is 64.6 Å². The molecular weight excluding hydrogens is 597 g/mol. The normalized spacial score (nSPS) is 16.5. The van der Waals surface area contributed by atoms with E-state index in [9.17, 15) is 14.0 Å². The molecule has 15 heteroatoms. The summed E-state index contributed by atoms with van der Waals surface area (Å²) in [5.41, 5.74) is 3.68. The van der Waals surface area contributed by atoms with Gasteiger partial charge in [0.1, 0.15) is 11.9 Å². The smallest absolute Gasteiger partial charge is 0.359 e. The average Bonchev–Trinajstić information content (AvgIpc) is 3.73. The van der Waals surface area contributed by atoms with Gasteiger partial charge in [-0.3, -0.25) is 10.2 Å². The Morgan fingerprint density at radius 3 is 2.65 bits per heavy atom. The second-order valence-corrected chi connectivity index (χ2v) is 10.7. The lowest BCUT2D eigenvalue weighted by Crippen LogP contribution is -2.42. The maximum Gasteiger partial charge on any atom is 0.359 e. The second kappa shape index (κ2) is 13.0. The molecule has 4 aromatic heterocycles. The van der Waals surface area contributed by atoms with E-state index in [2.05, 4.69) is 25.7 Å². The summed E-state index contributed by atoms with van der Waals surface area (Å²) in [4.78, 5) is 40.3. The Labute approximate surface area is 263 Å². The SMILES string of the molecule is COCCN1C[C@@H](NC(=O)Nc2c(C)c(-c3cnc4c(c3)c(C(=O)OC)nn4C)nn2-c2ccccc2)[C@H](c2ccnc(F)c2)O1. The lowest BCUT2D eigenvalue weighted by molar-refractivity contribution is -0.154. The van der Waals surface area contributed by atoms with Gasteiger partial charge >= 0.3 is 12.0 Å². The van der Waals surface area contributed by atoms with E-state index in [1.807, 2.05) is 37.3 Å². The molecule has 1 aliphatic heterocycles. The summed E-state index contributed by atoms with van der Waals surface area (Å²) in [6.45, 7) is 3.04. The van der Waals surface area contributed by atoms with Crippen molar-refractivity contribution in [2.45, 2.75) is 19.1 Å². The number of benzene rings is 1. The highest BCUT2D eigenvalue weighted by atomic mass is 19.1. The van der Waals surface area contributed by atoms with Crippen molar-refractivity contribution in [3.05, 3.63) is 83.7 Å². The Hall–Kier alpha value is -5.25. The van der Waals surface area contributed by atoms with Crippen LogP contribution in [0.3, 0.4) is 0 Å². The molecule has 1 fully saturated rings. The quantitative estimate of drug-likeness (QED) is 0.183. The van der Waals surface area contributed by atoms with E-state index in [1.54, 1.807) is 42.2 Å². The third-order valence-electron chi connectivity index (χ3n) is 7.65. The molecule has 0 spiro atoms. The predicted molar refractivity (Wildman–Crippen MR) is 165 cm³/mol. The number of nitrogens with one attached hydrogen (secondary N) is 2. The van der Waals surface area contributed by atoms with E-state index in [4.69, 9.17) is 19.4 Å². The third-order valence-corrected chi connectivity index (χ3v) is 7.65. The van der Waals surface area contributed by atoms with Crippen LogP contribution in [0.25, 0.3) is 28.0 Å². The number of hydroxylamine groups is 2. The Kier molecular flexibility index (Phi) is 8.70. The molecule has 5 heterocycles. The van der Waals surface area contributed by atoms with Gasteiger partial charge in [-0.05, 0) is 42.8 Å². The lowest BCUT2D eigenvalue weighted by Gasteiger charge is -2.19. The Morgan fingerprint density at radius 1 is 1.11 bits per heavy atom. The summed E-state index contributed by atoms with van der Waals surface area (Å²) in [6, 6.07) is 13.0. The lowest BCUT2D eigenvalue weighted by atomic mass is 10.0. The zero-order valence-electron chi connectivity index (χ0n) is 25.6. The molecule has 1 aromatic carbocycles. The number of hydrogen-bond donors (Lipinski definition) is 2. The summed E-state index contributed by atoms with van der Waals surface area (Å²) in [5.74, 6) is -0.813. The van der Waals surface area contributed by atoms with Crippen molar-refractivity contribution in [1.82, 2.24) is 39.9 Å². The number of urea groups is 1. The number of hydrogen-bond acceptors (Lipinski definition) is 10. The van der Waals surface area contributed by atoms with Crippen molar-refractivity contribution in [1.29, 1.82) is 0 Å². The highest BCUT2D eigenvalue weighted by Gasteiger charge is 2.37. The van der Waals surface area contributed by atoms with Gasteiger partial charge in [-0.15, -0.1) is 0 Å². The van der Waals surface area contributed by atoms with Gasteiger partial charge in [0.05, 0.1) is 36.5 Å². The number of nitrogens with zero attached hydrogens (tertiary/aromatic N) is 7. The zero-order chi connectivity index (χ0) is 32.4. The minimum absolute atomic E-state index is 0.133. The van der Waals surface area contributed by atoms with Crippen LogP contribution in [0.4, 0.5) is 15.0 Å². The predicted octanol–water partition coefficient (Wildman–Crippen LogP) is 3.58. The first-order valence-electron chi connectivity index (χ1n) is 14.4. The molecule has 0 radical (unpaired) electrons. The number of halogens is 1. The van der Waals surface area contributed by atoms with Gasteiger partial charge in [-0.2, -0.15) is 19.7 Å². The van der Waals surface area contributed by atoms with Crippen LogP contribution in [-0.2, 0) is 21.4 Å². The fraction of sp³-hybridized carbons (Fsp3) is 0.290. The number of aromatic nitrogens is 6. The van der Waals surface area contributed by atoms with Crippen molar-refractivity contribution < 1.29 is 28.3 Å². The molecule has 0 aliphatic carbocycles. The monoisotopic (exact) mass is 629 g/mol. The molecule has 2 amide bonds. The summed E-state index contributed by atoms with van der Waals surface area (Å²) < 4.78 is 27.3. The number of carbonyl (C=O) groups is 2. The minimum atomic E-state index is -0.655. The van der Waals surface area contributed by atoms with Crippen molar-refractivity contribution in [2.24, 2.45) is 7.05 Å². The van der Waals surface area contributed by atoms with Gasteiger partial charge in [-0.25, -0.2) is 28.9 Å². The first kappa shape index (κ1) is 30.8. The summed E-state index contributed by atoms with van der Waals surface area (Å²) in [5, 5.41) is 17.3. The first-order chi connectivity index (χ1) is 22.3. The first-order valence-corrected chi connectivity index (χ1v) is 14.4. The summed E-state index contributed by atoms with van der Waals surface area (Å²) in [7, 11) is 4.57. The number of esters is 1. The molecule has 6 rings (SSSR count). The topological polar surface area (TPSA) is 151 Å². The number of anilines is 1. The molecular formula is C31H32FN9O5. The van der Waals surface area contributed by atoms with E-state index < -0.39 is 30.1 Å². The van der Waals surface area contributed by atoms with E-state index >= 15 is 0 Å². The summed E-state index contributed by atoms with van der Waals surface area (Å²) >= 11 is 0. The Balaban J connectivity index is 1.33. The van der Waals surface area contributed by atoms with Gasteiger partial charge in [0.15, 0.2) is 11.3 Å². The van der Waals surface area contributed by atoms with Crippen LogP contribution in [0.1, 0.15) is 27.7 Å². The van der Waals surface area contributed by atoms with Crippen molar-refractivity contribution in [2.75, 3.05) is 39.2 Å². The fourth-order valence-electron chi connectivity index (χ4n) is 5.44. The number of pyridine rings is 2. The number of methoxy groups -OCH3 is 2. The van der Waals surface area contributed by atoms with Crippen LogP contribution >= 0.6 is 0 Å². The molecule has 238 valence electrons. The van der Waals surface area contributed by atoms with Crippen molar-refractivity contribution in [3.8, 4) is 16.9 Å². The maximum absolute atomic E-state index is 14.0.